The number of hydrazine groups is 1. The highest BCUT2D eigenvalue weighted by molar-refractivity contribution is 5.98. The van der Waals surface area contributed by atoms with Crippen LogP contribution in [0.2, 0.25) is 0 Å². The van der Waals surface area contributed by atoms with Crippen LogP contribution in [0, 0.1) is 20.8 Å². The molecule has 0 saturated carbocycles. The number of hydrogen-bond donors (Lipinski definition) is 3. The van der Waals surface area contributed by atoms with Crippen molar-refractivity contribution in [3.05, 3.63) is 87.0 Å². The molecule has 3 aromatic heterocycles. The first-order chi connectivity index (χ1) is 20.7. The molecule has 5 aromatic rings. The van der Waals surface area contributed by atoms with Crippen molar-refractivity contribution in [3.63, 3.8) is 0 Å². The predicted molar refractivity (Wildman–Crippen MR) is 170 cm³/mol. The Labute approximate surface area is 254 Å². The molecule has 0 aliphatic rings. The van der Waals surface area contributed by atoms with Gasteiger partial charge in [-0.1, -0.05) is 6.07 Å². The highest BCUT2D eigenvalue weighted by Crippen LogP contribution is 2.33. The van der Waals surface area contributed by atoms with Crippen molar-refractivity contribution < 1.29 is 18.7 Å². The quantitative estimate of drug-likeness (QED) is 0.210. The zero-order valence-electron chi connectivity index (χ0n) is 26.1. The van der Waals surface area contributed by atoms with Crippen molar-refractivity contribution in [2.75, 3.05) is 5.32 Å². The maximum absolute atomic E-state index is 13.7. The van der Waals surface area contributed by atoms with Gasteiger partial charge in [-0.2, -0.15) is 5.10 Å². The molecule has 2 aromatic carbocycles. The van der Waals surface area contributed by atoms with Crippen LogP contribution in [0.3, 0.4) is 0 Å². The van der Waals surface area contributed by atoms with E-state index in [1.807, 2.05) is 57.4 Å². The molecule has 1 unspecified atom stereocenters. The Morgan fingerprint density at radius 2 is 1.77 bits per heavy atom. The minimum Gasteiger partial charge on any atom is -0.455 e. The van der Waals surface area contributed by atoms with Gasteiger partial charge in [-0.25, -0.2) is 15.2 Å². The lowest BCUT2D eigenvalue weighted by Crippen LogP contribution is -2.44. The molecular weight excluding hydrogens is 560 g/mol. The summed E-state index contributed by atoms with van der Waals surface area (Å²) in [5.41, 5.74) is 9.10. The van der Waals surface area contributed by atoms with Crippen molar-refractivity contribution in [1.29, 1.82) is 0 Å². The summed E-state index contributed by atoms with van der Waals surface area (Å²) in [6, 6.07) is 12.7. The second-order valence-corrected chi connectivity index (χ2v) is 12.0. The number of amides is 2. The molecule has 5 rings (SSSR count). The molecule has 228 valence electrons. The average molecular weight is 597 g/mol. The van der Waals surface area contributed by atoms with E-state index in [9.17, 15) is 14.4 Å². The van der Waals surface area contributed by atoms with Gasteiger partial charge in [0, 0.05) is 41.0 Å². The number of carbonyl (C=O) groups is 2. The van der Waals surface area contributed by atoms with Gasteiger partial charge in [0.2, 0.25) is 0 Å². The van der Waals surface area contributed by atoms with E-state index in [0.29, 0.717) is 33.7 Å². The summed E-state index contributed by atoms with van der Waals surface area (Å²) in [6.45, 7) is 12.5. The first-order valence-electron chi connectivity index (χ1n) is 14.3. The fourth-order valence-corrected chi connectivity index (χ4v) is 5.08. The smallest absolute Gasteiger partial charge is 0.426 e. The van der Waals surface area contributed by atoms with Gasteiger partial charge in [-0.05, 0) is 90.4 Å². The number of ether oxygens (including phenoxy) is 1. The Kier molecular flexibility index (Phi) is 7.90. The van der Waals surface area contributed by atoms with Crippen molar-refractivity contribution >= 4 is 39.6 Å². The summed E-state index contributed by atoms with van der Waals surface area (Å²) in [4.78, 5) is 43.3. The van der Waals surface area contributed by atoms with Crippen LogP contribution in [0.1, 0.15) is 66.6 Å². The highest BCUT2D eigenvalue weighted by Gasteiger charge is 2.23. The first-order valence-corrected chi connectivity index (χ1v) is 14.3. The van der Waals surface area contributed by atoms with E-state index in [-0.39, 0.29) is 11.1 Å². The number of aromatic nitrogens is 3. The number of nitrogens with zero attached hydrogens (tertiary/aromatic N) is 3. The molecule has 44 heavy (non-hydrogen) atoms. The minimum atomic E-state index is -0.795. The minimum absolute atomic E-state index is 0.0765. The fraction of sp³-hybridized carbons (Fsp3) is 0.303. The van der Waals surface area contributed by atoms with E-state index in [4.69, 9.17) is 9.15 Å². The van der Waals surface area contributed by atoms with E-state index >= 15 is 0 Å². The molecule has 0 bridgehead atoms. The van der Waals surface area contributed by atoms with Gasteiger partial charge >= 0.3 is 6.09 Å². The molecular formula is C33H36N6O5. The number of carbonyl (C=O) groups excluding carboxylic acids is 2. The Morgan fingerprint density at radius 3 is 2.50 bits per heavy atom. The molecule has 0 aliphatic heterocycles. The molecule has 11 heteroatoms. The van der Waals surface area contributed by atoms with Gasteiger partial charge in [-0.15, -0.1) is 0 Å². The molecule has 0 saturated heterocycles. The highest BCUT2D eigenvalue weighted by atomic mass is 16.6. The Hall–Kier alpha value is -5.19. The van der Waals surface area contributed by atoms with Crippen LogP contribution in [0.5, 0.6) is 0 Å². The van der Waals surface area contributed by atoms with Crippen molar-refractivity contribution in [1.82, 2.24) is 25.6 Å². The van der Waals surface area contributed by atoms with E-state index in [0.717, 1.165) is 27.6 Å². The van der Waals surface area contributed by atoms with Crippen LogP contribution in [0.25, 0.3) is 33.2 Å². The van der Waals surface area contributed by atoms with Gasteiger partial charge in [0.25, 0.3) is 5.91 Å². The molecule has 3 N–H and O–H groups in total. The van der Waals surface area contributed by atoms with Crippen molar-refractivity contribution in [3.8, 4) is 11.3 Å². The topological polar surface area (TPSA) is 140 Å². The predicted octanol–water partition coefficient (Wildman–Crippen LogP) is 6.01. The van der Waals surface area contributed by atoms with Crippen LogP contribution < -0.4 is 21.6 Å². The third-order valence-corrected chi connectivity index (χ3v) is 7.04. The monoisotopic (exact) mass is 596 g/mol. The molecule has 0 spiro atoms. The van der Waals surface area contributed by atoms with E-state index < -0.39 is 23.6 Å². The van der Waals surface area contributed by atoms with E-state index in [2.05, 4.69) is 26.3 Å². The van der Waals surface area contributed by atoms with Gasteiger partial charge in [0.15, 0.2) is 11.1 Å². The van der Waals surface area contributed by atoms with Crippen molar-refractivity contribution in [2.24, 2.45) is 7.05 Å². The van der Waals surface area contributed by atoms with Gasteiger partial charge in [0.1, 0.15) is 16.9 Å². The number of hydrogen-bond acceptors (Lipinski definition) is 8. The number of benzene rings is 2. The average Bonchev–Trinajstić information content (AvgIpc) is 3.32. The maximum atomic E-state index is 13.7. The van der Waals surface area contributed by atoms with Crippen LogP contribution in [0.4, 0.5) is 10.5 Å². The van der Waals surface area contributed by atoms with Gasteiger partial charge in [-0.3, -0.25) is 19.7 Å². The lowest BCUT2D eigenvalue weighted by Gasteiger charge is -2.21. The third-order valence-electron chi connectivity index (χ3n) is 7.04. The first kappa shape index (κ1) is 30.3. The number of fused-ring (bicyclic) bond motifs is 2. The Bertz CT molecular complexity index is 1990. The Balaban J connectivity index is 1.51. The standard InChI is InChI=1S/C33H36N6O5/c1-17-13-23(20(4)35-26-11-9-18(2)34-27(26)31(41)36-37-32(42)44-33(5,6)7)30-24(14-17)28(40)19(3)29(43-30)21-10-12-25-22(15-21)16-39(8)38-25/h9-16,20,35H,1-8H3,(H,36,41)(H,37,42). The van der Waals surface area contributed by atoms with E-state index in [1.54, 1.807) is 51.4 Å². The van der Waals surface area contributed by atoms with Crippen LogP contribution in [-0.2, 0) is 11.8 Å². The fourth-order valence-electron chi connectivity index (χ4n) is 5.08. The van der Waals surface area contributed by atoms with Gasteiger partial charge in [0.05, 0.1) is 22.6 Å². The number of aryl methyl sites for hydroxylation is 3. The zero-order valence-corrected chi connectivity index (χ0v) is 26.1. The molecule has 1 atom stereocenters. The van der Waals surface area contributed by atoms with Crippen LogP contribution in [0.15, 0.2) is 57.9 Å². The molecule has 0 aliphatic carbocycles. The number of pyridine rings is 1. The summed E-state index contributed by atoms with van der Waals surface area (Å²) in [5, 5.41) is 9.21. The number of anilines is 1. The summed E-state index contributed by atoms with van der Waals surface area (Å²) in [7, 11) is 1.86. The summed E-state index contributed by atoms with van der Waals surface area (Å²) < 4.78 is 13.5. The maximum Gasteiger partial charge on any atom is 0.426 e. The molecule has 2 amide bonds. The Morgan fingerprint density at radius 1 is 1.02 bits per heavy atom. The second kappa shape index (κ2) is 11.5. The SMILES string of the molecule is Cc1cc(C(C)Nc2ccc(C)nc2C(=O)NNC(=O)OC(C)(C)C)c2oc(-c3ccc4nn(C)cc4c3)c(C)c(=O)c2c1. The summed E-state index contributed by atoms with van der Waals surface area (Å²) in [6.07, 6.45) is 1.12. The lowest BCUT2D eigenvalue weighted by atomic mass is 9.98. The van der Waals surface area contributed by atoms with E-state index in [1.165, 1.54) is 0 Å². The van der Waals surface area contributed by atoms with Gasteiger partial charge < -0.3 is 14.5 Å². The van der Waals surface area contributed by atoms with Crippen molar-refractivity contribution in [2.45, 2.75) is 60.1 Å². The van der Waals surface area contributed by atoms with Crippen LogP contribution >= 0.6 is 0 Å². The second-order valence-electron chi connectivity index (χ2n) is 12.0. The zero-order chi connectivity index (χ0) is 31.9. The summed E-state index contributed by atoms with van der Waals surface area (Å²) in [5.74, 6) is -0.144. The van der Waals surface area contributed by atoms with Crippen LogP contribution in [-0.4, -0.2) is 32.4 Å². The number of rotatable bonds is 5. The normalized spacial score (nSPS) is 12.3. The largest absolute Gasteiger partial charge is 0.455 e. The molecule has 3 heterocycles. The molecule has 0 radical (unpaired) electrons. The third kappa shape index (κ3) is 6.26. The molecule has 11 nitrogen and oxygen atoms in total. The number of nitrogens with one attached hydrogen (secondary N) is 3. The molecule has 0 fully saturated rings. The summed E-state index contributed by atoms with van der Waals surface area (Å²) >= 11 is 0. The lowest BCUT2D eigenvalue weighted by molar-refractivity contribution is 0.0483.